The Hall–Kier alpha value is -4.72. The molecule has 1 aromatic carbocycles. The van der Waals surface area contributed by atoms with Crippen LogP contribution in [0.2, 0.25) is 0 Å². The molecule has 3 N–H and O–H groups in total. The van der Waals surface area contributed by atoms with Crippen LogP contribution in [0.1, 0.15) is 25.8 Å². The fourth-order valence-corrected chi connectivity index (χ4v) is 4.21. The van der Waals surface area contributed by atoms with Gasteiger partial charge in [0, 0.05) is 53.4 Å². The first-order valence-corrected chi connectivity index (χ1v) is 12.3. The summed E-state index contributed by atoms with van der Waals surface area (Å²) < 4.78 is 0. The van der Waals surface area contributed by atoms with Crippen LogP contribution in [-0.2, 0) is 0 Å². The lowest BCUT2D eigenvalue weighted by molar-refractivity contribution is 0.224. The van der Waals surface area contributed by atoms with Gasteiger partial charge in [-0.3, -0.25) is 10.1 Å². The lowest BCUT2D eigenvalue weighted by atomic mass is 10.0. The van der Waals surface area contributed by atoms with Gasteiger partial charge in [-0.25, -0.2) is 9.78 Å². The molecule has 0 aliphatic rings. The van der Waals surface area contributed by atoms with Crippen LogP contribution in [0.3, 0.4) is 0 Å². The van der Waals surface area contributed by atoms with Crippen molar-refractivity contribution in [1.82, 2.24) is 30.0 Å². The van der Waals surface area contributed by atoms with Crippen LogP contribution < -0.4 is 5.32 Å². The second kappa shape index (κ2) is 10.1. The van der Waals surface area contributed by atoms with Crippen molar-refractivity contribution >= 4 is 39.2 Å². The Bertz CT molecular complexity index is 1640. The van der Waals surface area contributed by atoms with E-state index in [2.05, 4.69) is 74.3 Å². The third-order valence-corrected chi connectivity index (χ3v) is 6.39. The molecule has 2 amide bonds. The fourth-order valence-electron chi connectivity index (χ4n) is 4.21. The second-order valence-electron chi connectivity index (χ2n) is 8.89. The van der Waals surface area contributed by atoms with Crippen molar-refractivity contribution in [2.75, 3.05) is 18.9 Å². The van der Waals surface area contributed by atoms with Crippen LogP contribution in [0.15, 0.2) is 73.7 Å². The standard InChI is InChI=1S/C29H29N7O/c1-5-7-9-18(3)22-10-8-11-25-23(22)14-26(33-25)27-24-13-20(16-31-28(24)35-34-27)19-12-21(17-30-15-19)32-29(37)36(4)6-2/h7-17,33H,3,5-6H2,1-2,4H3,(H,32,37)(H,31,34,35)/b9-7-. The van der Waals surface area contributed by atoms with Gasteiger partial charge in [-0.15, -0.1) is 0 Å². The molecule has 0 fully saturated rings. The average Bonchev–Trinajstić information content (AvgIpc) is 3.54. The number of amides is 2. The number of pyridine rings is 2. The van der Waals surface area contributed by atoms with Crippen LogP contribution in [0.5, 0.6) is 0 Å². The minimum Gasteiger partial charge on any atom is -0.353 e. The molecule has 4 aromatic heterocycles. The maximum atomic E-state index is 12.3. The molecule has 0 unspecified atom stereocenters. The largest absolute Gasteiger partial charge is 0.353 e. The van der Waals surface area contributed by atoms with Crippen LogP contribution in [-0.4, -0.2) is 49.7 Å². The van der Waals surface area contributed by atoms with E-state index in [-0.39, 0.29) is 6.03 Å². The molecule has 8 heteroatoms. The zero-order valence-electron chi connectivity index (χ0n) is 21.2. The van der Waals surface area contributed by atoms with Crippen LogP contribution >= 0.6 is 0 Å². The predicted octanol–water partition coefficient (Wildman–Crippen LogP) is 6.63. The van der Waals surface area contributed by atoms with Crippen molar-refractivity contribution in [3.05, 3.63) is 79.3 Å². The Labute approximate surface area is 215 Å². The summed E-state index contributed by atoms with van der Waals surface area (Å²) in [6.45, 7) is 8.90. The molecule has 0 bridgehead atoms. The number of rotatable bonds is 7. The lowest BCUT2D eigenvalue weighted by Crippen LogP contribution is -2.30. The van der Waals surface area contributed by atoms with Crippen molar-refractivity contribution < 1.29 is 4.79 Å². The number of nitrogens with one attached hydrogen (secondary N) is 3. The molecule has 0 spiro atoms. The van der Waals surface area contributed by atoms with Crippen molar-refractivity contribution in [1.29, 1.82) is 0 Å². The number of carbonyl (C=O) groups is 1. The van der Waals surface area contributed by atoms with Gasteiger partial charge in [0.15, 0.2) is 5.65 Å². The molecule has 0 aliphatic carbocycles. The van der Waals surface area contributed by atoms with Crippen molar-refractivity contribution in [2.24, 2.45) is 0 Å². The molecular weight excluding hydrogens is 462 g/mol. The molecule has 0 saturated carbocycles. The molecule has 5 rings (SSSR count). The summed E-state index contributed by atoms with van der Waals surface area (Å²) in [4.78, 5) is 26.3. The maximum Gasteiger partial charge on any atom is 0.321 e. The van der Waals surface area contributed by atoms with Gasteiger partial charge >= 0.3 is 6.03 Å². The number of hydrogen-bond donors (Lipinski definition) is 3. The second-order valence-corrected chi connectivity index (χ2v) is 8.89. The zero-order valence-corrected chi connectivity index (χ0v) is 21.2. The van der Waals surface area contributed by atoms with Crippen LogP contribution in [0, 0.1) is 0 Å². The highest BCUT2D eigenvalue weighted by Gasteiger charge is 2.15. The zero-order chi connectivity index (χ0) is 25.9. The van der Waals surface area contributed by atoms with Gasteiger partial charge in [0.1, 0.15) is 0 Å². The number of urea groups is 1. The number of fused-ring (bicyclic) bond motifs is 2. The molecule has 0 aliphatic heterocycles. The average molecular weight is 492 g/mol. The third-order valence-electron chi connectivity index (χ3n) is 6.39. The number of aromatic amines is 2. The van der Waals surface area contributed by atoms with E-state index in [1.165, 1.54) is 0 Å². The molecule has 8 nitrogen and oxygen atoms in total. The number of nitrogens with zero attached hydrogens (tertiary/aromatic N) is 4. The summed E-state index contributed by atoms with van der Waals surface area (Å²) in [7, 11) is 1.75. The summed E-state index contributed by atoms with van der Waals surface area (Å²) in [5.74, 6) is 0. The minimum atomic E-state index is -0.182. The van der Waals surface area contributed by atoms with Crippen LogP contribution in [0.25, 0.3) is 50.0 Å². The maximum absolute atomic E-state index is 12.3. The SMILES string of the molecule is C=C(/C=C\CC)c1cccc2[nH]c(-c3[nH]nc4ncc(-c5cncc(NC(=O)N(C)CC)c5)cc34)cc12. The summed E-state index contributed by atoms with van der Waals surface area (Å²) in [5.41, 5.74) is 7.81. The van der Waals surface area contributed by atoms with Gasteiger partial charge in [0.25, 0.3) is 0 Å². The monoisotopic (exact) mass is 491 g/mol. The summed E-state index contributed by atoms with van der Waals surface area (Å²) >= 11 is 0. The summed E-state index contributed by atoms with van der Waals surface area (Å²) in [5, 5.41) is 12.4. The number of hydrogen-bond acceptors (Lipinski definition) is 4. The first-order valence-electron chi connectivity index (χ1n) is 12.3. The Morgan fingerprint density at radius 2 is 1.95 bits per heavy atom. The van der Waals surface area contributed by atoms with Gasteiger partial charge in [0.2, 0.25) is 0 Å². The highest BCUT2D eigenvalue weighted by Crippen LogP contribution is 2.33. The third kappa shape index (κ3) is 4.73. The molecule has 37 heavy (non-hydrogen) atoms. The van der Waals surface area contributed by atoms with Crippen molar-refractivity contribution in [3.8, 4) is 22.5 Å². The van der Waals surface area contributed by atoms with Gasteiger partial charge in [0.05, 0.1) is 23.3 Å². The molecule has 0 radical (unpaired) electrons. The Morgan fingerprint density at radius 1 is 1.11 bits per heavy atom. The lowest BCUT2D eigenvalue weighted by Gasteiger charge is -2.15. The van der Waals surface area contributed by atoms with E-state index in [1.807, 2.05) is 25.1 Å². The Balaban J connectivity index is 1.52. The predicted molar refractivity (Wildman–Crippen MR) is 150 cm³/mol. The normalized spacial score (nSPS) is 11.4. The summed E-state index contributed by atoms with van der Waals surface area (Å²) in [6.07, 6.45) is 10.3. The molecule has 5 aromatic rings. The van der Waals surface area contributed by atoms with E-state index < -0.39 is 0 Å². The van der Waals surface area contributed by atoms with E-state index in [4.69, 9.17) is 0 Å². The first-order chi connectivity index (χ1) is 18.0. The topological polar surface area (TPSA) is 103 Å². The molecule has 0 saturated heterocycles. The Kier molecular flexibility index (Phi) is 6.55. The highest BCUT2D eigenvalue weighted by atomic mass is 16.2. The minimum absolute atomic E-state index is 0.182. The summed E-state index contributed by atoms with van der Waals surface area (Å²) in [6, 6.07) is 12.0. The number of H-pyrrole nitrogens is 2. The van der Waals surface area contributed by atoms with Crippen molar-refractivity contribution in [2.45, 2.75) is 20.3 Å². The van der Waals surface area contributed by atoms with E-state index >= 15 is 0 Å². The Morgan fingerprint density at radius 3 is 2.76 bits per heavy atom. The van der Waals surface area contributed by atoms with E-state index in [0.29, 0.717) is 17.9 Å². The molecule has 186 valence electrons. The van der Waals surface area contributed by atoms with E-state index in [9.17, 15) is 4.79 Å². The fraction of sp³-hybridized carbons (Fsp3) is 0.172. The molecule has 4 heterocycles. The van der Waals surface area contributed by atoms with Gasteiger partial charge < -0.3 is 15.2 Å². The van der Waals surface area contributed by atoms with Crippen molar-refractivity contribution in [3.63, 3.8) is 0 Å². The smallest absolute Gasteiger partial charge is 0.321 e. The van der Waals surface area contributed by atoms with Crippen LogP contribution in [0.4, 0.5) is 10.5 Å². The molecular formula is C29H29N7O. The van der Waals surface area contributed by atoms with Gasteiger partial charge in [-0.1, -0.05) is 37.8 Å². The number of carbonyl (C=O) groups excluding carboxylic acids is 1. The first kappa shape index (κ1) is 24.0. The van der Waals surface area contributed by atoms with E-state index in [1.54, 1.807) is 30.5 Å². The van der Waals surface area contributed by atoms with E-state index in [0.717, 1.165) is 56.4 Å². The molecule has 0 atom stereocenters. The number of benzene rings is 1. The number of aromatic nitrogens is 5. The van der Waals surface area contributed by atoms with Gasteiger partial charge in [-0.05, 0) is 48.7 Å². The quantitative estimate of drug-likeness (QED) is 0.222. The number of allylic oxidation sites excluding steroid dienone is 3. The highest BCUT2D eigenvalue weighted by molar-refractivity contribution is 6.00. The number of anilines is 1. The van der Waals surface area contributed by atoms with Gasteiger partial charge in [-0.2, -0.15) is 5.10 Å².